The van der Waals surface area contributed by atoms with E-state index in [4.69, 9.17) is 0 Å². The van der Waals surface area contributed by atoms with Crippen molar-refractivity contribution in [2.45, 2.75) is 13.5 Å². The number of hydrogen-bond acceptors (Lipinski definition) is 7. The van der Waals surface area contributed by atoms with Crippen molar-refractivity contribution in [3.05, 3.63) is 34.2 Å². The quantitative estimate of drug-likeness (QED) is 0.846. The highest BCUT2D eigenvalue weighted by Crippen LogP contribution is 2.15. The van der Waals surface area contributed by atoms with Crippen molar-refractivity contribution in [2.24, 2.45) is 0 Å². The molecule has 0 saturated heterocycles. The monoisotopic (exact) mass is 264 g/mol. The molecule has 0 aliphatic heterocycles. The minimum absolute atomic E-state index is 0.326. The number of carbonyl (C=O) groups excluding carboxylic acids is 1. The fraction of sp³-hybridized carbons (Fsp3) is 0.273. The van der Waals surface area contributed by atoms with Crippen molar-refractivity contribution in [1.29, 1.82) is 0 Å². The van der Waals surface area contributed by atoms with Gasteiger partial charge in [-0.25, -0.2) is 14.8 Å². The van der Waals surface area contributed by atoms with Crippen molar-refractivity contribution in [3.8, 4) is 0 Å². The highest BCUT2D eigenvalue weighted by Gasteiger charge is 2.14. The average molecular weight is 264 g/mol. The van der Waals surface area contributed by atoms with Crippen molar-refractivity contribution >= 4 is 23.1 Å². The predicted octanol–water partition coefficient (Wildman–Crippen LogP) is 1.64. The lowest BCUT2D eigenvalue weighted by Crippen LogP contribution is -2.11. The molecule has 1 N–H and O–H groups in total. The third kappa shape index (κ3) is 2.80. The molecule has 0 saturated carbocycles. The standard InChI is InChI=1S/C11H12N4O2S/c1-7-13-5-9(11(16)17-2)10(15-7)14-4-8-3-12-6-18-8/h3,5-6H,4H2,1-2H3,(H,13,14,15). The number of ether oxygens (including phenoxy) is 1. The maximum absolute atomic E-state index is 11.6. The van der Waals surface area contributed by atoms with Crippen LogP contribution >= 0.6 is 11.3 Å². The topological polar surface area (TPSA) is 77.0 Å². The summed E-state index contributed by atoms with van der Waals surface area (Å²) in [6.45, 7) is 2.32. The van der Waals surface area contributed by atoms with Gasteiger partial charge in [-0.3, -0.25) is 4.98 Å². The third-order valence-corrected chi connectivity index (χ3v) is 3.01. The SMILES string of the molecule is COC(=O)c1cnc(C)nc1NCc1cncs1. The number of nitrogens with zero attached hydrogens (tertiary/aromatic N) is 3. The Morgan fingerprint density at radius 3 is 3.00 bits per heavy atom. The molecule has 2 aromatic rings. The second-order valence-electron chi connectivity index (χ2n) is 3.49. The van der Waals surface area contributed by atoms with Crippen LogP contribution in [0.3, 0.4) is 0 Å². The molecule has 18 heavy (non-hydrogen) atoms. The first-order valence-electron chi connectivity index (χ1n) is 5.24. The second-order valence-corrected chi connectivity index (χ2v) is 4.46. The van der Waals surface area contributed by atoms with Crippen LogP contribution in [0.5, 0.6) is 0 Å². The number of aromatic nitrogens is 3. The molecule has 0 bridgehead atoms. The van der Waals surface area contributed by atoms with Gasteiger partial charge in [-0.15, -0.1) is 11.3 Å². The van der Waals surface area contributed by atoms with E-state index < -0.39 is 5.97 Å². The molecule has 94 valence electrons. The zero-order chi connectivity index (χ0) is 13.0. The lowest BCUT2D eigenvalue weighted by molar-refractivity contribution is 0.0601. The van der Waals surface area contributed by atoms with E-state index in [0.29, 0.717) is 23.8 Å². The molecule has 0 unspecified atom stereocenters. The summed E-state index contributed by atoms with van der Waals surface area (Å²) in [6.07, 6.45) is 3.23. The Balaban J connectivity index is 2.19. The molecule has 6 nitrogen and oxygen atoms in total. The number of methoxy groups -OCH3 is 1. The fourth-order valence-electron chi connectivity index (χ4n) is 1.36. The Morgan fingerprint density at radius 2 is 2.33 bits per heavy atom. The summed E-state index contributed by atoms with van der Waals surface area (Å²) >= 11 is 1.53. The van der Waals surface area contributed by atoms with Gasteiger partial charge < -0.3 is 10.1 Å². The van der Waals surface area contributed by atoms with Crippen LogP contribution in [-0.4, -0.2) is 28.0 Å². The normalized spacial score (nSPS) is 10.1. The van der Waals surface area contributed by atoms with Gasteiger partial charge in [-0.05, 0) is 6.92 Å². The Labute approximate surface area is 108 Å². The van der Waals surface area contributed by atoms with Gasteiger partial charge in [0.15, 0.2) is 0 Å². The molecule has 0 fully saturated rings. The number of nitrogens with one attached hydrogen (secondary N) is 1. The number of esters is 1. The van der Waals surface area contributed by atoms with Gasteiger partial charge in [0.1, 0.15) is 17.2 Å². The number of carbonyl (C=O) groups is 1. The van der Waals surface area contributed by atoms with Gasteiger partial charge >= 0.3 is 5.97 Å². The highest BCUT2D eigenvalue weighted by molar-refractivity contribution is 7.09. The number of thiazole rings is 1. The van der Waals surface area contributed by atoms with E-state index in [1.807, 2.05) is 0 Å². The van der Waals surface area contributed by atoms with E-state index >= 15 is 0 Å². The van der Waals surface area contributed by atoms with Gasteiger partial charge in [0.25, 0.3) is 0 Å². The van der Waals surface area contributed by atoms with Crippen molar-refractivity contribution in [1.82, 2.24) is 15.0 Å². The van der Waals surface area contributed by atoms with Crippen molar-refractivity contribution < 1.29 is 9.53 Å². The number of hydrogen-bond donors (Lipinski definition) is 1. The summed E-state index contributed by atoms with van der Waals surface area (Å²) < 4.78 is 4.69. The van der Waals surface area contributed by atoms with E-state index in [2.05, 4.69) is 25.0 Å². The lowest BCUT2D eigenvalue weighted by atomic mass is 10.3. The minimum atomic E-state index is -0.457. The maximum atomic E-state index is 11.6. The van der Waals surface area contributed by atoms with Gasteiger partial charge in [-0.2, -0.15) is 0 Å². The average Bonchev–Trinajstić information content (AvgIpc) is 2.88. The Kier molecular flexibility index (Phi) is 3.83. The van der Waals surface area contributed by atoms with E-state index in [-0.39, 0.29) is 0 Å². The summed E-state index contributed by atoms with van der Waals surface area (Å²) in [5.41, 5.74) is 2.08. The first kappa shape index (κ1) is 12.4. The smallest absolute Gasteiger partial charge is 0.343 e. The van der Waals surface area contributed by atoms with Crippen LogP contribution in [0.15, 0.2) is 17.9 Å². The molecule has 0 aliphatic rings. The van der Waals surface area contributed by atoms with Crippen LogP contribution in [0.2, 0.25) is 0 Å². The fourth-order valence-corrected chi connectivity index (χ4v) is 1.90. The zero-order valence-electron chi connectivity index (χ0n) is 10.0. The molecule has 0 aliphatic carbocycles. The molecule has 2 aromatic heterocycles. The second kappa shape index (κ2) is 5.54. The number of rotatable bonds is 4. The molecule has 2 heterocycles. The summed E-state index contributed by atoms with van der Waals surface area (Å²) in [7, 11) is 1.33. The maximum Gasteiger partial charge on any atom is 0.343 e. The van der Waals surface area contributed by atoms with Crippen LogP contribution in [-0.2, 0) is 11.3 Å². The van der Waals surface area contributed by atoms with Crippen LogP contribution in [0.1, 0.15) is 21.1 Å². The number of anilines is 1. The van der Waals surface area contributed by atoms with Gasteiger partial charge in [0.2, 0.25) is 0 Å². The first-order valence-corrected chi connectivity index (χ1v) is 6.12. The van der Waals surface area contributed by atoms with Crippen LogP contribution < -0.4 is 5.32 Å². The molecule has 0 atom stereocenters. The van der Waals surface area contributed by atoms with Gasteiger partial charge in [0, 0.05) is 17.3 Å². The summed E-state index contributed by atoms with van der Waals surface area (Å²) in [5.74, 6) is 0.610. The molecule has 0 spiro atoms. The Morgan fingerprint density at radius 1 is 1.50 bits per heavy atom. The van der Waals surface area contributed by atoms with E-state index in [1.54, 1.807) is 18.6 Å². The minimum Gasteiger partial charge on any atom is -0.465 e. The van der Waals surface area contributed by atoms with Crippen LogP contribution in [0.4, 0.5) is 5.82 Å². The van der Waals surface area contributed by atoms with Gasteiger partial charge in [-0.1, -0.05) is 0 Å². The largest absolute Gasteiger partial charge is 0.465 e. The predicted molar refractivity (Wildman–Crippen MR) is 67.5 cm³/mol. The molecular formula is C11H12N4O2S. The Hall–Kier alpha value is -2.02. The zero-order valence-corrected chi connectivity index (χ0v) is 10.8. The van der Waals surface area contributed by atoms with Crippen molar-refractivity contribution in [2.75, 3.05) is 12.4 Å². The van der Waals surface area contributed by atoms with E-state index in [0.717, 1.165) is 4.88 Å². The highest BCUT2D eigenvalue weighted by atomic mass is 32.1. The molecule has 0 aromatic carbocycles. The lowest BCUT2D eigenvalue weighted by Gasteiger charge is -2.08. The van der Waals surface area contributed by atoms with Crippen LogP contribution in [0, 0.1) is 6.92 Å². The molecule has 7 heteroatoms. The van der Waals surface area contributed by atoms with Crippen LogP contribution in [0.25, 0.3) is 0 Å². The number of aryl methyl sites for hydroxylation is 1. The molecule has 0 radical (unpaired) electrons. The first-order chi connectivity index (χ1) is 8.70. The summed E-state index contributed by atoms with van der Waals surface area (Å²) in [6, 6.07) is 0. The molecule has 0 amide bonds. The van der Waals surface area contributed by atoms with E-state index in [1.165, 1.54) is 24.6 Å². The van der Waals surface area contributed by atoms with Gasteiger partial charge in [0.05, 0.1) is 19.2 Å². The summed E-state index contributed by atoms with van der Waals surface area (Å²) in [4.78, 5) is 24.8. The molecule has 2 rings (SSSR count). The van der Waals surface area contributed by atoms with E-state index in [9.17, 15) is 4.79 Å². The Bertz CT molecular complexity index is 542. The third-order valence-electron chi connectivity index (χ3n) is 2.23. The van der Waals surface area contributed by atoms with Crippen molar-refractivity contribution in [3.63, 3.8) is 0 Å². The summed E-state index contributed by atoms with van der Waals surface area (Å²) in [5, 5.41) is 3.09. The molecular weight excluding hydrogens is 252 g/mol.